The number of carbonyl (C=O) groups excluding carboxylic acids is 2. The molecule has 0 aliphatic rings. The van der Waals surface area contributed by atoms with Gasteiger partial charge in [0.1, 0.15) is 0 Å². The molecule has 12 heteroatoms. The standard InChI is InChI=1S/C19H19F3N6O2S/c1-11-8-12(2)28-17(23-11)25-26-18(28)31-10-16(30)27(3)9-15(29)24-14-7-5-4-6-13(14)19(20,21)22/h4-8H,9-10H2,1-3H3,(H,24,29). The molecule has 0 spiro atoms. The van der Waals surface area contributed by atoms with Crippen LogP contribution in [0.2, 0.25) is 0 Å². The maximum Gasteiger partial charge on any atom is 0.418 e. The lowest BCUT2D eigenvalue weighted by Gasteiger charge is -2.18. The van der Waals surface area contributed by atoms with E-state index in [4.69, 9.17) is 0 Å². The van der Waals surface area contributed by atoms with Crippen molar-refractivity contribution in [3.8, 4) is 0 Å². The van der Waals surface area contributed by atoms with Crippen molar-refractivity contribution in [2.45, 2.75) is 25.2 Å². The zero-order chi connectivity index (χ0) is 22.8. The van der Waals surface area contributed by atoms with Gasteiger partial charge in [-0.25, -0.2) is 4.98 Å². The van der Waals surface area contributed by atoms with E-state index in [9.17, 15) is 22.8 Å². The van der Waals surface area contributed by atoms with Gasteiger partial charge in [-0.3, -0.25) is 14.0 Å². The Hall–Kier alpha value is -3.15. The molecule has 2 aromatic heterocycles. The Kier molecular flexibility index (Phi) is 6.48. The Morgan fingerprint density at radius 3 is 2.61 bits per heavy atom. The predicted molar refractivity (Wildman–Crippen MR) is 109 cm³/mol. The largest absolute Gasteiger partial charge is 0.418 e. The Balaban J connectivity index is 1.60. The number of likely N-dealkylation sites (N-methyl/N-ethyl adjacent to an activating group) is 1. The molecule has 0 aliphatic heterocycles. The summed E-state index contributed by atoms with van der Waals surface area (Å²) in [7, 11) is 1.40. The monoisotopic (exact) mass is 452 g/mol. The fraction of sp³-hybridized carbons (Fsp3) is 0.316. The normalized spacial score (nSPS) is 11.5. The molecule has 0 aliphatic carbocycles. The van der Waals surface area contributed by atoms with E-state index in [1.165, 1.54) is 19.2 Å². The van der Waals surface area contributed by atoms with Gasteiger partial charge in [0.15, 0.2) is 5.16 Å². The van der Waals surface area contributed by atoms with Gasteiger partial charge in [0.05, 0.1) is 23.5 Å². The van der Waals surface area contributed by atoms with Crippen molar-refractivity contribution >= 4 is 35.0 Å². The third-order valence-electron chi connectivity index (χ3n) is 4.30. The van der Waals surface area contributed by atoms with E-state index in [1.54, 1.807) is 4.40 Å². The first-order valence-corrected chi connectivity index (χ1v) is 10.1. The summed E-state index contributed by atoms with van der Waals surface area (Å²) in [4.78, 5) is 30.0. The second-order valence-corrected chi connectivity index (χ2v) is 7.73. The molecule has 0 fully saturated rings. The van der Waals surface area contributed by atoms with E-state index in [1.807, 2.05) is 19.9 Å². The van der Waals surface area contributed by atoms with Gasteiger partial charge in [-0.15, -0.1) is 10.2 Å². The van der Waals surface area contributed by atoms with Crippen molar-refractivity contribution in [2.75, 3.05) is 24.7 Å². The molecule has 8 nitrogen and oxygen atoms in total. The highest BCUT2D eigenvalue weighted by Crippen LogP contribution is 2.34. The minimum Gasteiger partial charge on any atom is -0.336 e. The van der Waals surface area contributed by atoms with Gasteiger partial charge in [0, 0.05) is 18.4 Å². The molecular formula is C19H19F3N6O2S. The number of anilines is 1. The van der Waals surface area contributed by atoms with Crippen LogP contribution in [0.25, 0.3) is 5.78 Å². The van der Waals surface area contributed by atoms with E-state index in [-0.39, 0.29) is 11.4 Å². The molecule has 164 valence electrons. The fourth-order valence-electron chi connectivity index (χ4n) is 2.86. The van der Waals surface area contributed by atoms with Gasteiger partial charge in [0.2, 0.25) is 11.8 Å². The summed E-state index contributed by atoms with van der Waals surface area (Å²) in [5.41, 5.74) is 0.343. The van der Waals surface area contributed by atoms with Crippen LogP contribution in [0.5, 0.6) is 0 Å². The van der Waals surface area contributed by atoms with Gasteiger partial charge in [0.25, 0.3) is 5.78 Å². The molecule has 2 amide bonds. The van der Waals surface area contributed by atoms with E-state index in [2.05, 4.69) is 20.5 Å². The quantitative estimate of drug-likeness (QED) is 0.578. The number of aromatic nitrogens is 4. The van der Waals surface area contributed by atoms with Crippen molar-refractivity contribution in [1.29, 1.82) is 0 Å². The second-order valence-electron chi connectivity index (χ2n) is 6.79. The summed E-state index contributed by atoms with van der Waals surface area (Å²) >= 11 is 1.13. The van der Waals surface area contributed by atoms with Crippen molar-refractivity contribution in [1.82, 2.24) is 24.5 Å². The second kappa shape index (κ2) is 8.92. The summed E-state index contributed by atoms with van der Waals surface area (Å²) in [6, 6.07) is 6.52. The van der Waals surface area contributed by atoms with E-state index >= 15 is 0 Å². The lowest BCUT2D eigenvalue weighted by molar-refractivity contribution is -0.137. The third-order valence-corrected chi connectivity index (χ3v) is 5.21. The van der Waals surface area contributed by atoms with Crippen LogP contribution in [0, 0.1) is 13.8 Å². The first-order chi connectivity index (χ1) is 14.6. The number of halogens is 3. The zero-order valence-corrected chi connectivity index (χ0v) is 17.7. The first-order valence-electron chi connectivity index (χ1n) is 9.08. The fourth-order valence-corrected chi connectivity index (χ4v) is 3.79. The molecule has 0 radical (unpaired) electrons. The molecule has 2 heterocycles. The maximum absolute atomic E-state index is 13.0. The molecule has 0 unspecified atom stereocenters. The Morgan fingerprint density at radius 2 is 1.90 bits per heavy atom. The molecule has 3 rings (SSSR count). The van der Waals surface area contributed by atoms with Crippen LogP contribution in [0.4, 0.5) is 18.9 Å². The van der Waals surface area contributed by atoms with E-state index in [0.29, 0.717) is 10.9 Å². The average Bonchev–Trinajstić information content (AvgIpc) is 3.08. The third kappa shape index (κ3) is 5.32. The number of alkyl halides is 3. The molecule has 0 saturated carbocycles. The topological polar surface area (TPSA) is 92.5 Å². The molecule has 3 aromatic rings. The number of nitrogens with one attached hydrogen (secondary N) is 1. The average molecular weight is 452 g/mol. The van der Waals surface area contributed by atoms with Crippen LogP contribution in [0.1, 0.15) is 17.0 Å². The number of rotatable bonds is 6. The van der Waals surface area contributed by atoms with Crippen LogP contribution in [-0.2, 0) is 15.8 Å². The highest BCUT2D eigenvalue weighted by Gasteiger charge is 2.33. The van der Waals surface area contributed by atoms with Crippen molar-refractivity contribution in [3.05, 3.63) is 47.3 Å². The number of carbonyl (C=O) groups is 2. The smallest absolute Gasteiger partial charge is 0.336 e. The molecule has 0 bridgehead atoms. The molecule has 31 heavy (non-hydrogen) atoms. The van der Waals surface area contributed by atoms with Gasteiger partial charge in [-0.1, -0.05) is 23.9 Å². The number of hydrogen-bond donors (Lipinski definition) is 1. The lowest BCUT2D eigenvalue weighted by atomic mass is 10.1. The number of fused-ring (bicyclic) bond motifs is 1. The minimum atomic E-state index is -4.60. The van der Waals surface area contributed by atoms with E-state index < -0.39 is 30.1 Å². The van der Waals surface area contributed by atoms with Gasteiger partial charge in [-0.2, -0.15) is 13.2 Å². The van der Waals surface area contributed by atoms with Crippen molar-refractivity contribution in [3.63, 3.8) is 0 Å². The van der Waals surface area contributed by atoms with Crippen LogP contribution in [0.3, 0.4) is 0 Å². The Labute approximate surface area is 179 Å². The molecular weight excluding hydrogens is 433 g/mol. The molecule has 1 aromatic carbocycles. The van der Waals surface area contributed by atoms with Crippen LogP contribution in [0.15, 0.2) is 35.5 Å². The maximum atomic E-state index is 13.0. The molecule has 0 atom stereocenters. The number of thioether (sulfide) groups is 1. The zero-order valence-electron chi connectivity index (χ0n) is 16.9. The van der Waals surface area contributed by atoms with Gasteiger partial charge < -0.3 is 10.2 Å². The summed E-state index contributed by atoms with van der Waals surface area (Å²) in [6.07, 6.45) is -4.60. The van der Waals surface area contributed by atoms with Crippen LogP contribution in [-0.4, -0.2) is 55.6 Å². The number of benzene rings is 1. The summed E-state index contributed by atoms with van der Waals surface area (Å²) in [5, 5.41) is 10.7. The predicted octanol–water partition coefficient (Wildman–Crippen LogP) is 2.95. The number of nitrogens with zero attached hydrogens (tertiary/aromatic N) is 5. The van der Waals surface area contributed by atoms with Gasteiger partial charge >= 0.3 is 6.18 Å². The SMILES string of the molecule is Cc1cc(C)n2c(SCC(=O)N(C)CC(=O)Nc3ccccc3C(F)(F)F)nnc2n1. The van der Waals surface area contributed by atoms with Crippen molar-refractivity contribution < 1.29 is 22.8 Å². The number of hydrogen-bond acceptors (Lipinski definition) is 6. The summed E-state index contributed by atoms with van der Waals surface area (Å²) < 4.78 is 40.9. The summed E-state index contributed by atoms with van der Waals surface area (Å²) in [5.74, 6) is -0.736. The minimum absolute atomic E-state index is 0.0307. The van der Waals surface area contributed by atoms with Crippen LogP contribution >= 0.6 is 11.8 Å². The van der Waals surface area contributed by atoms with Crippen molar-refractivity contribution in [2.24, 2.45) is 0 Å². The number of aryl methyl sites for hydroxylation is 2. The van der Waals surface area contributed by atoms with Gasteiger partial charge in [-0.05, 0) is 32.0 Å². The lowest BCUT2D eigenvalue weighted by Crippen LogP contribution is -2.36. The first kappa shape index (κ1) is 22.5. The Morgan fingerprint density at radius 1 is 1.19 bits per heavy atom. The number of amides is 2. The highest BCUT2D eigenvalue weighted by atomic mass is 32.2. The number of para-hydroxylation sites is 1. The van der Waals surface area contributed by atoms with E-state index in [0.717, 1.165) is 40.2 Å². The summed E-state index contributed by atoms with van der Waals surface area (Å²) in [6.45, 7) is 3.31. The highest BCUT2D eigenvalue weighted by molar-refractivity contribution is 7.99. The molecule has 1 N–H and O–H groups in total. The van der Waals surface area contributed by atoms with Crippen LogP contribution < -0.4 is 5.32 Å². The Bertz CT molecular complexity index is 1130. The molecule has 0 saturated heterocycles.